The predicted octanol–water partition coefficient (Wildman–Crippen LogP) is 2.51. The summed E-state index contributed by atoms with van der Waals surface area (Å²) < 4.78 is 0. The average molecular weight is 321 g/mol. The second kappa shape index (κ2) is 4.73. The van der Waals surface area contributed by atoms with Crippen LogP contribution in [0.5, 0.6) is 17.2 Å². The Balaban J connectivity index is 2.22. The zero-order valence-electron chi connectivity index (χ0n) is 12.2. The van der Waals surface area contributed by atoms with Crippen molar-refractivity contribution < 1.29 is 24.9 Å². The molecule has 0 spiro atoms. The molecule has 3 aromatic rings. The standard InChI is InChI=1S/C18H11NO5/c20-10-4-1-8(2-5-10)13-14-9(3-6-12(21)16(14)22)7-11-15(13)18(24)19-17(11)23/h1-7,20-22H,(H,19,23,24). The molecule has 4 N–H and O–H groups in total. The van der Waals surface area contributed by atoms with Crippen LogP contribution in [0.4, 0.5) is 0 Å². The van der Waals surface area contributed by atoms with Crippen LogP contribution in [0.15, 0.2) is 42.5 Å². The third-order valence-corrected chi connectivity index (χ3v) is 4.11. The van der Waals surface area contributed by atoms with Gasteiger partial charge in [0.15, 0.2) is 11.5 Å². The summed E-state index contributed by atoms with van der Waals surface area (Å²) in [7, 11) is 0. The predicted molar refractivity (Wildman–Crippen MR) is 86.2 cm³/mol. The number of aromatic hydroxyl groups is 3. The fraction of sp³-hybridized carbons (Fsp3) is 0. The molecule has 118 valence electrons. The summed E-state index contributed by atoms with van der Waals surface area (Å²) >= 11 is 0. The van der Waals surface area contributed by atoms with Gasteiger partial charge in [0, 0.05) is 10.9 Å². The van der Waals surface area contributed by atoms with E-state index in [0.717, 1.165) is 0 Å². The smallest absolute Gasteiger partial charge is 0.259 e. The van der Waals surface area contributed by atoms with Crippen molar-refractivity contribution >= 4 is 22.6 Å². The number of fused-ring (bicyclic) bond motifs is 2. The molecule has 0 fully saturated rings. The zero-order valence-corrected chi connectivity index (χ0v) is 12.2. The van der Waals surface area contributed by atoms with E-state index in [9.17, 15) is 24.9 Å². The van der Waals surface area contributed by atoms with Crippen molar-refractivity contribution in [3.63, 3.8) is 0 Å². The first-order chi connectivity index (χ1) is 11.5. The summed E-state index contributed by atoms with van der Waals surface area (Å²) in [5, 5.41) is 32.7. The molecule has 4 rings (SSSR count). The van der Waals surface area contributed by atoms with Crippen LogP contribution in [0.25, 0.3) is 21.9 Å². The number of carbonyl (C=O) groups is 2. The minimum Gasteiger partial charge on any atom is -0.508 e. The molecule has 0 atom stereocenters. The summed E-state index contributed by atoms with van der Waals surface area (Å²) in [5.74, 6) is -1.73. The van der Waals surface area contributed by atoms with Gasteiger partial charge in [0.1, 0.15) is 5.75 Å². The normalized spacial score (nSPS) is 13.2. The summed E-state index contributed by atoms with van der Waals surface area (Å²) in [6.07, 6.45) is 0. The lowest BCUT2D eigenvalue weighted by Gasteiger charge is -2.13. The van der Waals surface area contributed by atoms with Gasteiger partial charge in [0.05, 0.1) is 11.1 Å². The topological polar surface area (TPSA) is 107 Å². The Kier molecular flexibility index (Phi) is 2.77. The molecule has 0 aliphatic carbocycles. The second-order valence-corrected chi connectivity index (χ2v) is 5.54. The monoisotopic (exact) mass is 321 g/mol. The Labute approximate surface area is 135 Å². The maximum Gasteiger partial charge on any atom is 0.259 e. The van der Waals surface area contributed by atoms with Gasteiger partial charge in [-0.1, -0.05) is 18.2 Å². The lowest BCUT2D eigenvalue weighted by Crippen LogP contribution is -2.20. The van der Waals surface area contributed by atoms with Crippen LogP contribution in [0.3, 0.4) is 0 Å². The van der Waals surface area contributed by atoms with E-state index >= 15 is 0 Å². The molecule has 1 heterocycles. The average Bonchev–Trinajstić information content (AvgIpc) is 2.85. The van der Waals surface area contributed by atoms with E-state index in [-0.39, 0.29) is 33.8 Å². The molecule has 1 aliphatic rings. The number of hydrogen-bond acceptors (Lipinski definition) is 5. The largest absolute Gasteiger partial charge is 0.508 e. The number of phenolic OH excluding ortho intramolecular Hbond substituents is 3. The molecule has 6 heteroatoms. The van der Waals surface area contributed by atoms with Crippen LogP contribution in [0.2, 0.25) is 0 Å². The van der Waals surface area contributed by atoms with Crippen LogP contribution < -0.4 is 5.32 Å². The SMILES string of the molecule is O=C1NC(=O)c2c1cc1ccc(O)c(O)c1c2-c1ccc(O)cc1. The fourth-order valence-corrected chi connectivity index (χ4v) is 3.03. The first-order valence-corrected chi connectivity index (χ1v) is 7.14. The van der Waals surface area contributed by atoms with Gasteiger partial charge >= 0.3 is 0 Å². The highest BCUT2D eigenvalue weighted by molar-refractivity contribution is 6.28. The molecule has 0 unspecified atom stereocenters. The minimum atomic E-state index is -0.567. The van der Waals surface area contributed by atoms with Gasteiger partial charge in [-0.2, -0.15) is 0 Å². The molecule has 0 saturated carbocycles. The van der Waals surface area contributed by atoms with E-state index in [4.69, 9.17) is 0 Å². The van der Waals surface area contributed by atoms with Crippen molar-refractivity contribution in [2.24, 2.45) is 0 Å². The van der Waals surface area contributed by atoms with E-state index in [1.807, 2.05) is 0 Å². The highest BCUT2D eigenvalue weighted by Gasteiger charge is 2.32. The van der Waals surface area contributed by atoms with E-state index in [2.05, 4.69) is 5.32 Å². The van der Waals surface area contributed by atoms with Crippen LogP contribution in [0.1, 0.15) is 20.7 Å². The molecular formula is C18H11NO5. The van der Waals surface area contributed by atoms with Gasteiger partial charge in [-0.05, 0) is 35.2 Å². The first-order valence-electron chi connectivity index (χ1n) is 7.14. The van der Waals surface area contributed by atoms with Gasteiger partial charge in [-0.15, -0.1) is 0 Å². The molecule has 2 amide bonds. The van der Waals surface area contributed by atoms with Gasteiger partial charge in [0.25, 0.3) is 11.8 Å². The Bertz CT molecular complexity index is 1040. The summed E-state index contributed by atoms with van der Waals surface area (Å²) in [4.78, 5) is 24.3. The Morgan fingerprint density at radius 1 is 0.792 bits per heavy atom. The van der Waals surface area contributed by atoms with Crippen LogP contribution in [-0.4, -0.2) is 27.1 Å². The molecule has 1 aliphatic heterocycles. The summed E-state index contributed by atoms with van der Waals surface area (Å²) in [6.45, 7) is 0. The lowest BCUT2D eigenvalue weighted by molar-refractivity contribution is 0.0880. The number of nitrogens with one attached hydrogen (secondary N) is 1. The van der Waals surface area contributed by atoms with E-state index < -0.39 is 11.8 Å². The van der Waals surface area contributed by atoms with Crippen molar-refractivity contribution in [2.45, 2.75) is 0 Å². The van der Waals surface area contributed by atoms with Crippen molar-refractivity contribution in [2.75, 3.05) is 0 Å². The van der Waals surface area contributed by atoms with E-state index in [1.54, 1.807) is 18.2 Å². The molecule has 24 heavy (non-hydrogen) atoms. The van der Waals surface area contributed by atoms with E-state index in [0.29, 0.717) is 16.5 Å². The second-order valence-electron chi connectivity index (χ2n) is 5.54. The van der Waals surface area contributed by atoms with Crippen LogP contribution >= 0.6 is 0 Å². The highest BCUT2D eigenvalue weighted by Crippen LogP contribution is 2.44. The molecule has 3 aromatic carbocycles. The number of amides is 2. The molecule has 0 saturated heterocycles. The highest BCUT2D eigenvalue weighted by atomic mass is 16.3. The lowest BCUT2D eigenvalue weighted by atomic mass is 9.90. The number of hydrogen-bond donors (Lipinski definition) is 4. The third-order valence-electron chi connectivity index (χ3n) is 4.11. The maximum atomic E-state index is 12.3. The van der Waals surface area contributed by atoms with Gasteiger partial charge in [0.2, 0.25) is 0 Å². The quantitative estimate of drug-likeness (QED) is 0.407. The number of imide groups is 1. The number of rotatable bonds is 1. The summed E-state index contributed by atoms with van der Waals surface area (Å²) in [6, 6.07) is 10.4. The minimum absolute atomic E-state index is 0.0447. The number of benzene rings is 3. The van der Waals surface area contributed by atoms with Gasteiger partial charge in [-0.3, -0.25) is 14.9 Å². The van der Waals surface area contributed by atoms with Crippen molar-refractivity contribution in [1.29, 1.82) is 0 Å². The zero-order chi connectivity index (χ0) is 17.0. The van der Waals surface area contributed by atoms with Crippen molar-refractivity contribution in [3.8, 4) is 28.4 Å². The fourth-order valence-electron chi connectivity index (χ4n) is 3.03. The Morgan fingerprint density at radius 2 is 1.50 bits per heavy atom. The van der Waals surface area contributed by atoms with Crippen molar-refractivity contribution in [3.05, 3.63) is 53.6 Å². The van der Waals surface area contributed by atoms with E-state index in [1.165, 1.54) is 24.3 Å². The Hall–Kier alpha value is -3.54. The van der Waals surface area contributed by atoms with Crippen LogP contribution in [0, 0.1) is 0 Å². The Morgan fingerprint density at radius 3 is 2.21 bits per heavy atom. The molecular weight excluding hydrogens is 310 g/mol. The van der Waals surface area contributed by atoms with Crippen LogP contribution in [-0.2, 0) is 0 Å². The third kappa shape index (κ3) is 1.83. The molecule has 0 aromatic heterocycles. The maximum absolute atomic E-state index is 12.3. The summed E-state index contributed by atoms with van der Waals surface area (Å²) in [5.41, 5.74) is 1.21. The van der Waals surface area contributed by atoms with Crippen molar-refractivity contribution in [1.82, 2.24) is 5.32 Å². The molecule has 0 radical (unpaired) electrons. The van der Waals surface area contributed by atoms with Gasteiger partial charge < -0.3 is 15.3 Å². The molecule has 0 bridgehead atoms. The van der Waals surface area contributed by atoms with Gasteiger partial charge in [-0.25, -0.2) is 0 Å². The molecule has 6 nitrogen and oxygen atoms in total. The first kappa shape index (κ1) is 14.1. The number of phenols is 3. The number of carbonyl (C=O) groups excluding carboxylic acids is 2.